The van der Waals surface area contributed by atoms with Crippen molar-refractivity contribution in [1.82, 2.24) is 4.57 Å². The molecule has 0 aliphatic heterocycles. The Labute approximate surface area is 140 Å². The highest BCUT2D eigenvalue weighted by atomic mass is 16.1. The van der Waals surface area contributed by atoms with E-state index in [1.165, 1.54) is 16.3 Å². The molecule has 0 aliphatic rings. The van der Waals surface area contributed by atoms with Crippen molar-refractivity contribution in [2.45, 2.75) is 6.92 Å². The lowest BCUT2D eigenvalue weighted by Gasteiger charge is -2.15. The van der Waals surface area contributed by atoms with Crippen LogP contribution < -0.4 is 4.90 Å². The number of anilines is 1. The lowest BCUT2D eigenvalue weighted by molar-refractivity contribution is -0.107. The Kier molecular flexibility index (Phi) is 3.54. The molecule has 118 valence electrons. The maximum absolute atomic E-state index is 11.3. The average Bonchev–Trinajstić information content (AvgIpc) is 2.97. The molecule has 0 atom stereocenters. The monoisotopic (exact) mass is 314 g/mol. The molecule has 1 aromatic heterocycles. The van der Waals surface area contributed by atoms with Gasteiger partial charge in [0, 0.05) is 28.7 Å². The predicted octanol–water partition coefficient (Wildman–Crippen LogP) is 4.77. The molecule has 0 unspecified atom stereocenters. The number of hydrogen-bond donors (Lipinski definition) is 0. The van der Waals surface area contributed by atoms with Crippen molar-refractivity contribution in [3.05, 3.63) is 72.8 Å². The molecule has 0 radical (unpaired) electrons. The Morgan fingerprint density at radius 3 is 2.33 bits per heavy atom. The van der Waals surface area contributed by atoms with E-state index in [4.69, 9.17) is 0 Å². The fraction of sp³-hybridized carbons (Fsp3) is 0.0952. The van der Waals surface area contributed by atoms with E-state index in [1.54, 1.807) is 4.90 Å². The van der Waals surface area contributed by atoms with Gasteiger partial charge in [-0.3, -0.25) is 4.79 Å². The summed E-state index contributed by atoms with van der Waals surface area (Å²) in [5.41, 5.74) is 4.32. The topological polar surface area (TPSA) is 25.2 Å². The Morgan fingerprint density at radius 1 is 0.875 bits per heavy atom. The quantitative estimate of drug-likeness (QED) is 0.498. The first-order valence-corrected chi connectivity index (χ1v) is 8.14. The van der Waals surface area contributed by atoms with Gasteiger partial charge in [-0.15, -0.1) is 0 Å². The van der Waals surface area contributed by atoms with Crippen LogP contribution in [0.5, 0.6) is 0 Å². The van der Waals surface area contributed by atoms with Gasteiger partial charge >= 0.3 is 0 Å². The van der Waals surface area contributed by atoms with E-state index in [2.05, 4.69) is 53.1 Å². The largest absolute Gasteiger partial charge is 0.315 e. The molecule has 0 bridgehead atoms. The van der Waals surface area contributed by atoms with E-state index < -0.39 is 0 Å². The number of para-hydroxylation sites is 2. The van der Waals surface area contributed by atoms with Crippen molar-refractivity contribution in [3.63, 3.8) is 0 Å². The maximum atomic E-state index is 11.3. The van der Waals surface area contributed by atoms with Crippen LogP contribution in [0.25, 0.3) is 27.5 Å². The number of benzene rings is 3. The summed E-state index contributed by atoms with van der Waals surface area (Å²) in [5, 5.41) is 2.41. The molecule has 0 aliphatic carbocycles. The SMILES string of the molecule is CCN(C=O)c1ccc2c3ccccc3n(-c3ccccc3)c2c1. The van der Waals surface area contributed by atoms with Crippen molar-refractivity contribution in [3.8, 4) is 5.69 Å². The Bertz CT molecular complexity index is 1020. The van der Waals surface area contributed by atoms with Crippen LogP contribution in [0, 0.1) is 0 Å². The van der Waals surface area contributed by atoms with E-state index in [9.17, 15) is 4.79 Å². The molecule has 3 aromatic carbocycles. The zero-order valence-electron chi connectivity index (χ0n) is 13.5. The molecule has 24 heavy (non-hydrogen) atoms. The van der Waals surface area contributed by atoms with Gasteiger partial charge < -0.3 is 9.47 Å². The lowest BCUT2D eigenvalue weighted by Crippen LogP contribution is -2.19. The number of aromatic nitrogens is 1. The lowest BCUT2D eigenvalue weighted by atomic mass is 10.1. The van der Waals surface area contributed by atoms with Crippen molar-refractivity contribution in [2.24, 2.45) is 0 Å². The molecule has 1 heterocycles. The predicted molar refractivity (Wildman–Crippen MR) is 99.9 cm³/mol. The summed E-state index contributed by atoms with van der Waals surface area (Å²) in [5.74, 6) is 0. The molecule has 0 fully saturated rings. The van der Waals surface area contributed by atoms with E-state index in [1.807, 2.05) is 31.2 Å². The normalized spacial score (nSPS) is 11.0. The van der Waals surface area contributed by atoms with Crippen LogP contribution in [-0.4, -0.2) is 17.5 Å². The minimum atomic E-state index is 0.653. The molecule has 1 amide bonds. The minimum absolute atomic E-state index is 0.653. The van der Waals surface area contributed by atoms with Crippen LogP contribution in [0.4, 0.5) is 5.69 Å². The first kappa shape index (κ1) is 14.5. The van der Waals surface area contributed by atoms with E-state index in [0.29, 0.717) is 6.54 Å². The van der Waals surface area contributed by atoms with Crippen molar-refractivity contribution in [2.75, 3.05) is 11.4 Å². The number of amides is 1. The van der Waals surface area contributed by atoms with Crippen LogP contribution in [-0.2, 0) is 4.79 Å². The van der Waals surface area contributed by atoms with Crippen molar-refractivity contribution in [1.29, 1.82) is 0 Å². The molecule has 3 nitrogen and oxygen atoms in total. The molecule has 0 N–H and O–H groups in total. The number of nitrogens with zero attached hydrogens (tertiary/aromatic N) is 2. The highest BCUT2D eigenvalue weighted by molar-refractivity contribution is 6.10. The summed E-state index contributed by atoms with van der Waals surface area (Å²) < 4.78 is 2.26. The first-order chi connectivity index (χ1) is 11.8. The summed E-state index contributed by atoms with van der Waals surface area (Å²) in [6.45, 7) is 2.63. The van der Waals surface area contributed by atoms with Gasteiger partial charge in [0.2, 0.25) is 6.41 Å². The second-order valence-corrected chi connectivity index (χ2v) is 5.78. The molecule has 0 spiro atoms. The zero-order valence-corrected chi connectivity index (χ0v) is 13.5. The van der Waals surface area contributed by atoms with Crippen LogP contribution in [0.2, 0.25) is 0 Å². The van der Waals surface area contributed by atoms with Gasteiger partial charge in [-0.2, -0.15) is 0 Å². The van der Waals surface area contributed by atoms with Crippen LogP contribution in [0.1, 0.15) is 6.92 Å². The number of hydrogen-bond acceptors (Lipinski definition) is 1. The highest BCUT2D eigenvalue weighted by Gasteiger charge is 2.13. The fourth-order valence-electron chi connectivity index (χ4n) is 3.31. The van der Waals surface area contributed by atoms with Gasteiger partial charge in [-0.25, -0.2) is 0 Å². The van der Waals surface area contributed by atoms with E-state index in [-0.39, 0.29) is 0 Å². The zero-order chi connectivity index (χ0) is 16.5. The van der Waals surface area contributed by atoms with Gasteiger partial charge in [0.25, 0.3) is 0 Å². The second kappa shape index (κ2) is 5.85. The molecule has 4 aromatic rings. The first-order valence-electron chi connectivity index (χ1n) is 8.14. The molecule has 0 saturated carbocycles. The smallest absolute Gasteiger partial charge is 0.214 e. The number of carbonyl (C=O) groups is 1. The molecular weight excluding hydrogens is 296 g/mol. The summed E-state index contributed by atoms with van der Waals surface area (Å²) in [6, 6.07) is 25.0. The van der Waals surface area contributed by atoms with Gasteiger partial charge in [0.1, 0.15) is 0 Å². The van der Waals surface area contributed by atoms with Gasteiger partial charge in [-0.05, 0) is 37.3 Å². The van der Waals surface area contributed by atoms with E-state index in [0.717, 1.165) is 23.3 Å². The Hall–Kier alpha value is -3.07. The third kappa shape index (κ3) is 2.17. The highest BCUT2D eigenvalue weighted by Crippen LogP contribution is 2.34. The molecule has 3 heteroatoms. The average molecular weight is 314 g/mol. The standard InChI is InChI=1S/C21H18N2O/c1-2-22(15-24)17-12-13-19-18-10-6-7-11-20(18)23(21(19)14-17)16-8-4-3-5-9-16/h3-15H,2H2,1H3. The van der Waals surface area contributed by atoms with E-state index >= 15 is 0 Å². The van der Waals surface area contributed by atoms with Gasteiger partial charge in [-0.1, -0.05) is 42.5 Å². The van der Waals surface area contributed by atoms with Crippen molar-refractivity contribution >= 4 is 33.9 Å². The van der Waals surface area contributed by atoms with Gasteiger partial charge in [0.05, 0.1) is 11.0 Å². The summed E-state index contributed by atoms with van der Waals surface area (Å²) in [6.07, 6.45) is 0.886. The Morgan fingerprint density at radius 2 is 1.58 bits per heavy atom. The number of fused-ring (bicyclic) bond motifs is 3. The third-order valence-corrected chi connectivity index (χ3v) is 4.47. The second-order valence-electron chi connectivity index (χ2n) is 5.78. The number of carbonyl (C=O) groups excluding carboxylic acids is 1. The van der Waals surface area contributed by atoms with Gasteiger partial charge in [0.15, 0.2) is 0 Å². The van der Waals surface area contributed by atoms with Crippen LogP contribution >= 0.6 is 0 Å². The molecule has 4 rings (SSSR count). The fourth-order valence-corrected chi connectivity index (χ4v) is 3.31. The summed E-state index contributed by atoms with van der Waals surface area (Å²) in [4.78, 5) is 13.0. The summed E-state index contributed by atoms with van der Waals surface area (Å²) in [7, 11) is 0. The Balaban J connectivity index is 2.09. The van der Waals surface area contributed by atoms with Crippen LogP contribution in [0.15, 0.2) is 72.8 Å². The third-order valence-electron chi connectivity index (χ3n) is 4.47. The minimum Gasteiger partial charge on any atom is -0.315 e. The van der Waals surface area contributed by atoms with Crippen molar-refractivity contribution < 1.29 is 4.79 Å². The number of rotatable bonds is 4. The molecular formula is C21H18N2O. The maximum Gasteiger partial charge on any atom is 0.214 e. The van der Waals surface area contributed by atoms with Crippen LogP contribution in [0.3, 0.4) is 0 Å². The summed E-state index contributed by atoms with van der Waals surface area (Å²) >= 11 is 0. The molecule has 0 saturated heterocycles.